The Morgan fingerprint density at radius 2 is 1.71 bits per heavy atom. The van der Waals surface area contributed by atoms with E-state index < -0.39 is 0 Å². The van der Waals surface area contributed by atoms with Crippen molar-refractivity contribution in [1.82, 2.24) is 10.2 Å². The Morgan fingerprint density at radius 3 is 2.38 bits per heavy atom. The van der Waals surface area contributed by atoms with E-state index in [9.17, 15) is 9.18 Å². The normalized spacial score (nSPS) is 23.8. The van der Waals surface area contributed by atoms with Crippen LogP contribution in [0.15, 0.2) is 40.8 Å². The molecule has 1 aromatic heterocycles. The van der Waals surface area contributed by atoms with Crippen LogP contribution in [0.25, 0.3) is 11.3 Å². The minimum atomic E-state index is -0.286. The van der Waals surface area contributed by atoms with Crippen LogP contribution in [-0.2, 0) is 0 Å². The van der Waals surface area contributed by atoms with Crippen molar-refractivity contribution in [1.29, 1.82) is 0 Å². The predicted molar refractivity (Wildman–Crippen MR) is 89.1 cm³/mol. The van der Waals surface area contributed by atoms with Gasteiger partial charge >= 0.3 is 0 Å². The molecule has 3 heterocycles. The zero-order valence-electron chi connectivity index (χ0n) is 13.5. The lowest BCUT2D eigenvalue weighted by atomic mass is 9.92. The van der Waals surface area contributed by atoms with Gasteiger partial charge in [-0.15, -0.1) is 0 Å². The summed E-state index contributed by atoms with van der Waals surface area (Å²) in [5.74, 6) is 2.00. The average molecular weight is 328 g/mol. The number of rotatable bonds is 2. The number of carbonyl (C=O) groups is 1. The van der Waals surface area contributed by atoms with Gasteiger partial charge in [-0.25, -0.2) is 4.39 Å². The van der Waals surface area contributed by atoms with Crippen LogP contribution in [0.1, 0.15) is 23.4 Å². The summed E-state index contributed by atoms with van der Waals surface area (Å²) in [6.45, 7) is 3.72. The molecule has 2 aliphatic rings. The Balaban J connectivity index is 1.47. The first-order valence-corrected chi connectivity index (χ1v) is 8.56. The number of likely N-dealkylation sites (tertiary alicyclic amines) is 1. The predicted octanol–water partition coefficient (Wildman–Crippen LogP) is 3.16. The van der Waals surface area contributed by atoms with E-state index in [0.29, 0.717) is 23.4 Å². The van der Waals surface area contributed by atoms with E-state index in [1.807, 2.05) is 4.90 Å². The molecule has 2 aromatic rings. The molecule has 2 aliphatic heterocycles. The molecule has 0 spiro atoms. The Kier molecular flexibility index (Phi) is 4.10. The van der Waals surface area contributed by atoms with Gasteiger partial charge in [-0.2, -0.15) is 0 Å². The molecule has 1 amide bonds. The highest BCUT2D eigenvalue weighted by Crippen LogP contribution is 2.28. The van der Waals surface area contributed by atoms with Crippen LogP contribution in [0.5, 0.6) is 0 Å². The summed E-state index contributed by atoms with van der Waals surface area (Å²) < 4.78 is 18.8. The van der Waals surface area contributed by atoms with Gasteiger partial charge in [0.15, 0.2) is 5.76 Å². The fourth-order valence-electron chi connectivity index (χ4n) is 3.80. The third-order valence-electron chi connectivity index (χ3n) is 5.25. The summed E-state index contributed by atoms with van der Waals surface area (Å²) in [7, 11) is 0. The molecule has 5 heteroatoms. The first-order valence-electron chi connectivity index (χ1n) is 8.56. The molecule has 2 fully saturated rings. The first-order chi connectivity index (χ1) is 11.7. The van der Waals surface area contributed by atoms with Crippen molar-refractivity contribution in [3.63, 3.8) is 0 Å². The van der Waals surface area contributed by atoms with Gasteiger partial charge in [-0.3, -0.25) is 4.79 Å². The van der Waals surface area contributed by atoms with Crippen LogP contribution >= 0.6 is 0 Å². The van der Waals surface area contributed by atoms with E-state index in [0.717, 1.165) is 44.6 Å². The molecule has 24 heavy (non-hydrogen) atoms. The maximum absolute atomic E-state index is 13.0. The zero-order chi connectivity index (χ0) is 16.5. The second-order valence-electron chi connectivity index (χ2n) is 6.72. The molecular weight excluding hydrogens is 307 g/mol. The summed E-state index contributed by atoms with van der Waals surface area (Å²) in [5.41, 5.74) is 0.770. The van der Waals surface area contributed by atoms with Crippen LogP contribution < -0.4 is 5.32 Å². The molecule has 126 valence electrons. The third-order valence-corrected chi connectivity index (χ3v) is 5.25. The third kappa shape index (κ3) is 2.96. The van der Waals surface area contributed by atoms with Gasteiger partial charge in [0.2, 0.25) is 0 Å². The van der Waals surface area contributed by atoms with Crippen molar-refractivity contribution in [2.75, 3.05) is 26.2 Å². The highest BCUT2D eigenvalue weighted by Gasteiger charge is 2.32. The van der Waals surface area contributed by atoms with E-state index in [1.165, 1.54) is 12.1 Å². The van der Waals surface area contributed by atoms with Crippen LogP contribution in [0.3, 0.4) is 0 Å². The lowest BCUT2D eigenvalue weighted by molar-refractivity contribution is 0.0727. The van der Waals surface area contributed by atoms with E-state index in [-0.39, 0.29) is 11.7 Å². The Bertz CT molecular complexity index is 711. The second-order valence-corrected chi connectivity index (χ2v) is 6.72. The molecule has 2 saturated heterocycles. The molecule has 4 rings (SSSR count). The maximum Gasteiger partial charge on any atom is 0.289 e. The molecule has 2 atom stereocenters. The van der Waals surface area contributed by atoms with Crippen molar-refractivity contribution >= 4 is 5.91 Å². The largest absolute Gasteiger partial charge is 0.451 e. The standard InChI is InChI=1S/C19H21FN2O2/c20-16-3-1-13(2-4-16)17-5-6-18(24-17)19(23)22-9-7-14-11-21-12-15(14)8-10-22/h1-6,14-15,21H,7-12H2/t14-,15+. The fourth-order valence-corrected chi connectivity index (χ4v) is 3.80. The Hall–Kier alpha value is -2.14. The van der Waals surface area contributed by atoms with Crippen molar-refractivity contribution in [2.24, 2.45) is 11.8 Å². The second kappa shape index (κ2) is 6.40. The maximum atomic E-state index is 13.0. The van der Waals surface area contributed by atoms with Gasteiger partial charge in [0.1, 0.15) is 11.6 Å². The number of carbonyl (C=O) groups excluding carboxylic acids is 1. The molecule has 0 aliphatic carbocycles. The van der Waals surface area contributed by atoms with Crippen LogP contribution in [0.4, 0.5) is 4.39 Å². The number of nitrogens with zero attached hydrogens (tertiary/aromatic N) is 1. The minimum Gasteiger partial charge on any atom is -0.451 e. The van der Waals surface area contributed by atoms with Crippen molar-refractivity contribution in [3.8, 4) is 11.3 Å². The van der Waals surface area contributed by atoms with Gasteiger partial charge < -0.3 is 14.6 Å². The van der Waals surface area contributed by atoms with Gasteiger partial charge in [0.05, 0.1) is 0 Å². The number of benzene rings is 1. The fraction of sp³-hybridized carbons (Fsp3) is 0.421. The van der Waals surface area contributed by atoms with Crippen LogP contribution in [0, 0.1) is 17.7 Å². The van der Waals surface area contributed by atoms with Gasteiger partial charge in [-0.1, -0.05) is 0 Å². The number of hydrogen-bond acceptors (Lipinski definition) is 3. The topological polar surface area (TPSA) is 45.5 Å². The summed E-state index contributed by atoms with van der Waals surface area (Å²) in [6.07, 6.45) is 2.10. The summed E-state index contributed by atoms with van der Waals surface area (Å²) in [6, 6.07) is 9.58. The van der Waals surface area contributed by atoms with Gasteiger partial charge in [-0.05, 0) is 74.2 Å². The lowest BCUT2D eigenvalue weighted by Crippen LogP contribution is -2.32. The molecule has 0 radical (unpaired) electrons. The Labute approximate surface area is 140 Å². The molecular formula is C19H21FN2O2. The highest BCUT2D eigenvalue weighted by atomic mass is 19.1. The first kappa shape index (κ1) is 15.4. The summed E-state index contributed by atoms with van der Waals surface area (Å²) >= 11 is 0. The number of amides is 1. The average Bonchev–Trinajstić information content (AvgIpc) is 3.21. The van der Waals surface area contributed by atoms with E-state index in [4.69, 9.17) is 4.42 Å². The lowest BCUT2D eigenvalue weighted by Gasteiger charge is -2.19. The summed E-state index contributed by atoms with van der Waals surface area (Å²) in [5, 5.41) is 3.44. The van der Waals surface area contributed by atoms with Crippen molar-refractivity contribution in [3.05, 3.63) is 48.0 Å². The number of hydrogen-bond donors (Lipinski definition) is 1. The van der Waals surface area contributed by atoms with Gasteiger partial charge in [0.25, 0.3) is 5.91 Å². The molecule has 0 unspecified atom stereocenters. The van der Waals surface area contributed by atoms with Crippen molar-refractivity contribution in [2.45, 2.75) is 12.8 Å². The van der Waals surface area contributed by atoms with E-state index >= 15 is 0 Å². The molecule has 0 saturated carbocycles. The Morgan fingerprint density at radius 1 is 1.04 bits per heavy atom. The smallest absolute Gasteiger partial charge is 0.289 e. The monoisotopic (exact) mass is 328 g/mol. The van der Waals surface area contributed by atoms with Gasteiger partial charge in [0, 0.05) is 18.7 Å². The quantitative estimate of drug-likeness (QED) is 0.921. The minimum absolute atomic E-state index is 0.0451. The van der Waals surface area contributed by atoms with Crippen molar-refractivity contribution < 1.29 is 13.6 Å². The zero-order valence-corrected chi connectivity index (χ0v) is 13.5. The number of halogens is 1. The molecule has 1 aromatic carbocycles. The number of nitrogens with one attached hydrogen (secondary N) is 1. The molecule has 4 nitrogen and oxygen atoms in total. The van der Waals surface area contributed by atoms with Crippen LogP contribution in [0.2, 0.25) is 0 Å². The molecule has 0 bridgehead atoms. The number of furan rings is 1. The molecule has 1 N–H and O–H groups in total. The van der Waals surface area contributed by atoms with E-state index in [1.54, 1.807) is 24.3 Å². The highest BCUT2D eigenvalue weighted by molar-refractivity contribution is 5.92. The van der Waals surface area contributed by atoms with Crippen LogP contribution in [-0.4, -0.2) is 37.0 Å². The summed E-state index contributed by atoms with van der Waals surface area (Å²) in [4.78, 5) is 14.6. The van der Waals surface area contributed by atoms with E-state index in [2.05, 4.69) is 5.32 Å². The number of fused-ring (bicyclic) bond motifs is 1. The SMILES string of the molecule is O=C(c1ccc(-c2ccc(F)cc2)o1)N1CC[C@@H]2CNC[C@@H]2CC1.